The van der Waals surface area contributed by atoms with Gasteiger partial charge in [0.15, 0.2) is 0 Å². The number of carbonyl (C=O) groups excluding carboxylic acids is 1. The Bertz CT molecular complexity index is 193. The van der Waals surface area contributed by atoms with Crippen LogP contribution in [0.15, 0.2) is 0 Å². The smallest absolute Gasteiger partial charge is 0.134 e. The van der Waals surface area contributed by atoms with Crippen molar-refractivity contribution in [2.24, 2.45) is 0 Å². The number of aliphatic hydroxyl groups excluding tert-OH is 1. The van der Waals surface area contributed by atoms with Crippen LogP contribution in [0, 0.1) is 0 Å². The van der Waals surface area contributed by atoms with E-state index in [1.54, 1.807) is 0 Å². The Hall–Kier alpha value is -0.410. The predicted octanol–water partition coefficient (Wildman–Crippen LogP) is 0.175. The van der Waals surface area contributed by atoms with Crippen LogP contribution in [0.25, 0.3) is 0 Å². The lowest BCUT2D eigenvalue weighted by atomic mass is 10.2. The third-order valence-corrected chi connectivity index (χ3v) is 2.93. The second-order valence-corrected chi connectivity index (χ2v) is 3.87. The molecule has 0 bridgehead atoms. The number of Topliss-reactive ketones (excluding diaryl/α,β-unsaturated/α-hetero) is 1. The van der Waals surface area contributed by atoms with Crippen molar-refractivity contribution in [1.82, 2.24) is 4.90 Å². The molecule has 2 aliphatic rings. The van der Waals surface area contributed by atoms with E-state index in [0.717, 1.165) is 32.4 Å². The fourth-order valence-electron chi connectivity index (χ4n) is 2.21. The largest absolute Gasteiger partial charge is 0.392 e. The number of nitrogens with zero attached hydrogens (tertiary/aromatic N) is 1. The molecule has 0 aromatic carbocycles. The SMILES string of the molecule is O=C1CCC(N2CCC(O)C2)C1. The highest BCUT2D eigenvalue weighted by Gasteiger charge is 2.31. The molecule has 2 atom stereocenters. The number of aliphatic hydroxyl groups is 1. The molecule has 0 amide bonds. The first-order chi connectivity index (χ1) is 5.75. The van der Waals surface area contributed by atoms with Crippen LogP contribution in [-0.4, -0.2) is 41.0 Å². The van der Waals surface area contributed by atoms with Crippen molar-refractivity contribution in [1.29, 1.82) is 0 Å². The minimum atomic E-state index is -0.152. The molecule has 0 aromatic heterocycles. The van der Waals surface area contributed by atoms with Crippen molar-refractivity contribution in [2.75, 3.05) is 13.1 Å². The highest BCUT2D eigenvalue weighted by Crippen LogP contribution is 2.24. The van der Waals surface area contributed by atoms with Gasteiger partial charge in [0.25, 0.3) is 0 Å². The van der Waals surface area contributed by atoms with Gasteiger partial charge in [0, 0.05) is 32.0 Å². The molecule has 12 heavy (non-hydrogen) atoms. The Morgan fingerprint density at radius 1 is 1.42 bits per heavy atom. The van der Waals surface area contributed by atoms with Gasteiger partial charge in [-0.25, -0.2) is 0 Å². The molecule has 3 nitrogen and oxygen atoms in total. The summed E-state index contributed by atoms with van der Waals surface area (Å²) in [5.74, 6) is 0.390. The fourth-order valence-corrected chi connectivity index (χ4v) is 2.21. The van der Waals surface area contributed by atoms with Gasteiger partial charge in [0.05, 0.1) is 6.10 Å². The van der Waals surface area contributed by atoms with Gasteiger partial charge in [-0.1, -0.05) is 0 Å². The monoisotopic (exact) mass is 169 g/mol. The Kier molecular flexibility index (Phi) is 2.15. The highest BCUT2D eigenvalue weighted by molar-refractivity contribution is 5.81. The third-order valence-electron chi connectivity index (χ3n) is 2.93. The molecule has 0 spiro atoms. The number of likely N-dealkylation sites (tertiary alicyclic amines) is 1. The molecule has 2 unspecified atom stereocenters. The second kappa shape index (κ2) is 3.15. The number of carbonyl (C=O) groups is 1. The molecular weight excluding hydrogens is 154 g/mol. The Labute approximate surface area is 72.4 Å². The molecule has 1 saturated carbocycles. The molecule has 3 heteroatoms. The summed E-state index contributed by atoms with van der Waals surface area (Å²) in [6, 6.07) is 0.439. The van der Waals surface area contributed by atoms with Gasteiger partial charge in [-0.15, -0.1) is 0 Å². The third kappa shape index (κ3) is 1.52. The molecule has 0 aromatic rings. The standard InChI is InChI=1S/C9H15NO2/c11-8-2-1-7(5-8)10-4-3-9(12)6-10/h7,9,12H,1-6H2. The average molecular weight is 169 g/mol. The molecule has 68 valence electrons. The summed E-state index contributed by atoms with van der Waals surface area (Å²) in [5, 5.41) is 9.30. The van der Waals surface area contributed by atoms with Gasteiger partial charge in [-0.05, 0) is 12.8 Å². The molecule has 1 saturated heterocycles. The van der Waals surface area contributed by atoms with Crippen LogP contribution in [-0.2, 0) is 4.79 Å². The Balaban J connectivity index is 1.89. The van der Waals surface area contributed by atoms with E-state index in [1.807, 2.05) is 0 Å². The maximum atomic E-state index is 11.0. The molecule has 1 N–H and O–H groups in total. The van der Waals surface area contributed by atoms with E-state index < -0.39 is 0 Å². The molecule has 1 heterocycles. The van der Waals surface area contributed by atoms with Crippen LogP contribution >= 0.6 is 0 Å². The summed E-state index contributed by atoms with van der Waals surface area (Å²) < 4.78 is 0. The number of rotatable bonds is 1. The van der Waals surface area contributed by atoms with E-state index in [2.05, 4.69) is 4.90 Å². The van der Waals surface area contributed by atoms with E-state index in [-0.39, 0.29) is 6.10 Å². The zero-order valence-corrected chi connectivity index (χ0v) is 7.20. The number of hydrogen-bond donors (Lipinski definition) is 1. The summed E-state index contributed by atoms with van der Waals surface area (Å²) in [4.78, 5) is 13.3. The Morgan fingerprint density at radius 2 is 2.25 bits per heavy atom. The highest BCUT2D eigenvalue weighted by atomic mass is 16.3. The van der Waals surface area contributed by atoms with Crippen molar-refractivity contribution in [2.45, 2.75) is 37.8 Å². The molecule has 1 aliphatic heterocycles. The van der Waals surface area contributed by atoms with E-state index >= 15 is 0 Å². The molecule has 0 radical (unpaired) electrons. The fraction of sp³-hybridized carbons (Fsp3) is 0.889. The Morgan fingerprint density at radius 3 is 2.75 bits per heavy atom. The van der Waals surface area contributed by atoms with Crippen LogP contribution < -0.4 is 0 Å². The quantitative estimate of drug-likeness (QED) is 0.608. The van der Waals surface area contributed by atoms with E-state index in [1.165, 1.54) is 0 Å². The van der Waals surface area contributed by atoms with Gasteiger partial charge in [0.2, 0.25) is 0 Å². The van der Waals surface area contributed by atoms with Gasteiger partial charge in [-0.2, -0.15) is 0 Å². The van der Waals surface area contributed by atoms with Gasteiger partial charge in [0.1, 0.15) is 5.78 Å². The average Bonchev–Trinajstić information content (AvgIpc) is 2.58. The summed E-state index contributed by atoms with van der Waals surface area (Å²) in [5.41, 5.74) is 0. The van der Waals surface area contributed by atoms with Crippen LogP contribution in [0.3, 0.4) is 0 Å². The van der Waals surface area contributed by atoms with Crippen molar-refractivity contribution in [3.05, 3.63) is 0 Å². The van der Waals surface area contributed by atoms with Crippen molar-refractivity contribution in [3.8, 4) is 0 Å². The van der Waals surface area contributed by atoms with Crippen LogP contribution in [0.2, 0.25) is 0 Å². The minimum Gasteiger partial charge on any atom is -0.392 e. The van der Waals surface area contributed by atoms with Crippen molar-refractivity contribution >= 4 is 5.78 Å². The normalized spacial score (nSPS) is 37.9. The first-order valence-electron chi connectivity index (χ1n) is 4.69. The number of β-amino-alcohol motifs (C(OH)–C–C–N with tert-alkyl or cyclic N) is 1. The summed E-state index contributed by atoms with van der Waals surface area (Å²) in [6.45, 7) is 1.75. The van der Waals surface area contributed by atoms with Gasteiger partial charge < -0.3 is 5.11 Å². The topological polar surface area (TPSA) is 40.5 Å². The first-order valence-corrected chi connectivity index (χ1v) is 4.69. The summed E-state index contributed by atoms with van der Waals surface area (Å²) in [6.07, 6.45) is 3.20. The lowest BCUT2D eigenvalue weighted by Crippen LogP contribution is -2.32. The van der Waals surface area contributed by atoms with Crippen molar-refractivity contribution < 1.29 is 9.90 Å². The van der Waals surface area contributed by atoms with Gasteiger partial charge >= 0.3 is 0 Å². The van der Waals surface area contributed by atoms with E-state index in [4.69, 9.17) is 0 Å². The van der Waals surface area contributed by atoms with E-state index in [0.29, 0.717) is 18.2 Å². The lowest BCUT2D eigenvalue weighted by molar-refractivity contribution is -0.117. The second-order valence-electron chi connectivity index (χ2n) is 3.87. The molecule has 1 aliphatic carbocycles. The maximum Gasteiger partial charge on any atom is 0.134 e. The zero-order chi connectivity index (χ0) is 8.55. The van der Waals surface area contributed by atoms with E-state index in [9.17, 15) is 9.90 Å². The van der Waals surface area contributed by atoms with Crippen LogP contribution in [0.1, 0.15) is 25.7 Å². The van der Waals surface area contributed by atoms with Crippen LogP contribution in [0.5, 0.6) is 0 Å². The lowest BCUT2D eigenvalue weighted by Gasteiger charge is -2.21. The van der Waals surface area contributed by atoms with Crippen molar-refractivity contribution in [3.63, 3.8) is 0 Å². The maximum absolute atomic E-state index is 11.0. The van der Waals surface area contributed by atoms with Gasteiger partial charge in [-0.3, -0.25) is 9.69 Å². The zero-order valence-electron chi connectivity index (χ0n) is 7.20. The summed E-state index contributed by atoms with van der Waals surface area (Å²) in [7, 11) is 0. The number of ketones is 1. The molecular formula is C9H15NO2. The molecule has 2 rings (SSSR count). The summed E-state index contributed by atoms with van der Waals surface area (Å²) >= 11 is 0. The minimum absolute atomic E-state index is 0.152. The first kappa shape index (κ1) is 8.20. The van der Waals surface area contributed by atoms with Crippen LogP contribution in [0.4, 0.5) is 0 Å². The predicted molar refractivity (Wildman–Crippen MR) is 44.8 cm³/mol. The molecule has 2 fully saturated rings. The number of hydrogen-bond acceptors (Lipinski definition) is 3.